The maximum Gasteiger partial charge on any atom is 0.225 e. The molecule has 0 saturated heterocycles. The Labute approximate surface area is 103 Å². The van der Waals surface area contributed by atoms with Crippen LogP contribution in [-0.4, -0.2) is 25.5 Å². The Hall–Kier alpha value is -1.14. The predicted molar refractivity (Wildman–Crippen MR) is 69.9 cm³/mol. The molecule has 0 aliphatic carbocycles. The molecule has 0 amide bonds. The maximum absolute atomic E-state index is 5.56. The molecule has 0 atom stereocenters. The second-order valence-electron chi connectivity index (χ2n) is 3.16. The Morgan fingerprint density at radius 3 is 3.25 bits per heavy atom. The normalized spacial score (nSPS) is 10.6. The molecule has 0 unspecified atom stereocenters. The predicted octanol–water partition coefficient (Wildman–Crippen LogP) is 2.76. The minimum absolute atomic E-state index is 0.525. The quantitative estimate of drug-likeness (QED) is 0.852. The van der Waals surface area contributed by atoms with Gasteiger partial charge in [0.25, 0.3) is 0 Å². The number of nitrogens with zero attached hydrogens (tertiary/aromatic N) is 2. The van der Waals surface area contributed by atoms with E-state index in [4.69, 9.17) is 17.0 Å². The smallest absolute Gasteiger partial charge is 0.225 e. The van der Waals surface area contributed by atoms with Crippen molar-refractivity contribution in [2.75, 3.05) is 5.75 Å². The fourth-order valence-electron chi connectivity index (χ4n) is 1.23. The summed E-state index contributed by atoms with van der Waals surface area (Å²) in [4.78, 5) is 0. The number of ether oxygens (including phenoxy) is 1. The molecule has 16 heavy (non-hydrogen) atoms. The summed E-state index contributed by atoms with van der Waals surface area (Å²) in [7, 11) is 0. The van der Waals surface area contributed by atoms with Gasteiger partial charge in [-0.2, -0.15) is 0 Å². The Balaban J connectivity index is 2.14. The van der Waals surface area contributed by atoms with E-state index >= 15 is 0 Å². The number of hydrogen-bond acceptors (Lipinski definition) is 5. The van der Waals surface area contributed by atoms with E-state index in [-0.39, 0.29) is 0 Å². The highest BCUT2D eigenvalue weighted by Crippen LogP contribution is 2.23. The highest BCUT2D eigenvalue weighted by molar-refractivity contribution is 8.22. The van der Waals surface area contributed by atoms with Gasteiger partial charge in [-0.15, -0.1) is 5.10 Å². The lowest BCUT2D eigenvalue weighted by atomic mass is 10.3. The molecule has 1 aromatic carbocycles. The Morgan fingerprint density at radius 1 is 1.56 bits per heavy atom. The second-order valence-corrected chi connectivity index (χ2v) is 4.86. The van der Waals surface area contributed by atoms with Crippen molar-refractivity contribution in [2.45, 2.75) is 13.3 Å². The summed E-state index contributed by atoms with van der Waals surface area (Å²) in [5, 5.41) is 10.5. The van der Waals surface area contributed by atoms with E-state index in [1.54, 1.807) is 0 Å². The molecular weight excluding hydrogens is 242 g/mol. The van der Waals surface area contributed by atoms with E-state index in [9.17, 15) is 0 Å². The zero-order valence-electron chi connectivity index (χ0n) is 8.77. The topological polar surface area (TPSA) is 50.8 Å². The average molecular weight is 253 g/mol. The van der Waals surface area contributed by atoms with Crippen LogP contribution in [0.15, 0.2) is 18.2 Å². The number of benzene rings is 1. The van der Waals surface area contributed by atoms with Crippen LogP contribution in [0, 0.1) is 0 Å². The van der Waals surface area contributed by atoms with Crippen molar-refractivity contribution in [3.8, 4) is 5.75 Å². The Bertz CT molecular complexity index is 498. The van der Waals surface area contributed by atoms with Gasteiger partial charge in [0.2, 0.25) is 4.38 Å². The molecule has 1 N–H and O–H groups in total. The van der Waals surface area contributed by atoms with Crippen LogP contribution in [0.2, 0.25) is 0 Å². The molecule has 2 aromatic rings. The molecule has 0 aliphatic heterocycles. The van der Waals surface area contributed by atoms with E-state index in [0.717, 1.165) is 17.7 Å². The van der Waals surface area contributed by atoms with Gasteiger partial charge in [0.15, 0.2) is 11.3 Å². The molecular formula is C10H11N3OS2. The number of fused-ring (bicyclic) bond motifs is 1. The first-order valence-corrected chi connectivity index (χ1v) is 6.35. The van der Waals surface area contributed by atoms with Gasteiger partial charge in [-0.05, 0) is 30.8 Å². The molecule has 4 nitrogen and oxygen atoms in total. The third-order valence-corrected chi connectivity index (χ3v) is 3.31. The zero-order valence-corrected chi connectivity index (χ0v) is 10.4. The van der Waals surface area contributed by atoms with E-state index < -0.39 is 0 Å². The lowest BCUT2D eigenvalue weighted by Gasteiger charge is -2.05. The van der Waals surface area contributed by atoms with Gasteiger partial charge in [-0.3, -0.25) is 5.10 Å². The van der Waals surface area contributed by atoms with E-state index in [1.807, 2.05) is 18.2 Å². The number of rotatable bonds is 3. The first-order chi connectivity index (χ1) is 7.81. The lowest BCUT2D eigenvalue weighted by molar-refractivity contribution is 0.584. The number of aromatic amines is 1. The summed E-state index contributed by atoms with van der Waals surface area (Å²) in [6.45, 7) is 2.11. The number of thioether (sulfide) groups is 1. The zero-order chi connectivity index (χ0) is 11.4. The average Bonchev–Trinajstić information content (AvgIpc) is 2.75. The molecule has 84 valence electrons. The van der Waals surface area contributed by atoms with Crippen molar-refractivity contribution in [1.82, 2.24) is 15.4 Å². The first kappa shape index (κ1) is 11.3. The summed E-state index contributed by atoms with van der Waals surface area (Å²) in [5.74, 6) is 1.62. The van der Waals surface area contributed by atoms with Gasteiger partial charge in [0.05, 0.1) is 5.52 Å². The van der Waals surface area contributed by atoms with Gasteiger partial charge in [0, 0.05) is 5.75 Å². The number of hydrogen-bond donors (Lipinski definition) is 1. The van der Waals surface area contributed by atoms with Gasteiger partial charge < -0.3 is 4.74 Å². The third-order valence-electron chi connectivity index (χ3n) is 1.94. The van der Waals surface area contributed by atoms with Crippen molar-refractivity contribution in [3.05, 3.63) is 18.2 Å². The van der Waals surface area contributed by atoms with Gasteiger partial charge in [-0.1, -0.05) is 30.0 Å². The molecule has 1 heterocycles. The summed E-state index contributed by atoms with van der Waals surface area (Å²) in [6.07, 6.45) is 1.07. The first-order valence-electron chi connectivity index (χ1n) is 4.95. The Morgan fingerprint density at radius 2 is 2.44 bits per heavy atom. The van der Waals surface area contributed by atoms with Crippen LogP contribution in [0.25, 0.3) is 11.0 Å². The summed E-state index contributed by atoms with van der Waals surface area (Å²) < 4.78 is 6.09. The molecule has 0 fully saturated rings. The summed E-state index contributed by atoms with van der Waals surface area (Å²) in [6, 6.07) is 5.61. The largest absolute Gasteiger partial charge is 0.437 e. The molecule has 0 aliphatic rings. The molecule has 1 aromatic heterocycles. The maximum atomic E-state index is 5.56. The van der Waals surface area contributed by atoms with Crippen molar-refractivity contribution >= 4 is 39.4 Å². The molecule has 0 spiro atoms. The van der Waals surface area contributed by atoms with E-state index in [1.165, 1.54) is 11.8 Å². The Kier molecular flexibility index (Phi) is 3.74. The van der Waals surface area contributed by atoms with Crippen molar-refractivity contribution in [1.29, 1.82) is 0 Å². The van der Waals surface area contributed by atoms with E-state index in [2.05, 4.69) is 22.3 Å². The minimum Gasteiger partial charge on any atom is -0.437 e. The van der Waals surface area contributed by atoms with E-state index in [0.29, 0.717) is 15.6 Å². The van der Waals surface area contributed by atoms with Crippen LogP contribution in [0.3, 0.4) is 0 Å². The van der Waals surface area contributed by atoms with Crippen LogP contribution < -0.4 is 4.74 Å². The highest BCUT2D eigenvalue weighted by atomic mass is 32.2. The molecule has 0 bridgehead atoms. The van der Waals surface area contributed by atoms with Gasteiger partial charge in [0.1, 0.15) is 0 Å². The minimum atomic E-state index is 0.525. The number of H-pyrrole nitrogens is 1. The monoisotopic (exact) mass is 253 g/mol. The number of thiocarbonyl (C=S) groups is 1. The van der Waals surface area contributed by atoms with Crippen LogP contribution >= 0.6 is 24.0 Å². The van der Waals surface area contributed by atoms with Crippen LogP contribution in [0.4, 0.5) is 0 Å². The third kappa shape index (κ3) is 2.51. The van der Waals surface area contributed by atoms with Crippen molar-refractivity contribution in [2.24, 2.45) is 0 Å². The molecule has 0 radical (unpaired) electrons. The van der Waals surface area contributed by atoms with Gasteiger partial charge >= 0.3 is 0 Å². The van der Waals surface area contributed by atoms with Crippen molar-refractivity contribution in [3.63, 3.8) is 0 Å². The fraction of sp³-hybridized carbons (Fsp3) is 0.300. The van der Waals surface area contributed by atoms with Crippen LogP contribution in [-0.2, 0) is 0 Å². The second kappa shape index (κ2) is 5.27. The summed E-state index contributed by atoms with van der Waals surface area (Å²) >= 11 is 6.65. The summed E-state index contributed by atoms with van der Waals surface area (Å²) in [5.41, 5.74) is 1.56. The van der Waals surface area contributed by atoms with Crippen LogP contribution in [0.5, 0.6) is 5.75 Å². The highest BCUT2D eigenvalue weighted by Gasteiger charge is 2.07. The number of nitrogens with one attached hydrogen (secondary N) is 1. The molecule has 0 saturated carbocycles. The molecule has 2 rings (SSSR count). The molecule has 6 heteroatoms. The fourth-order valence-corrected chi connectivity index (χ4v) is 2.09. The lowest BCUT2D eigenvalue weighted by Crippen LogP contribution is -2.01. The number of aromatic nitrogens is 3. The standard InChI is InChI=1S/C10H11N3OS2/c1-2-6-16-10(15)14-8-5-3-4-7-9(8)12-13-11-7/h3-5H,2,6H2,1H3,(H,11,12,13). The SMILES string of the molecule is CCCSC(=S)Oc1cccc2[nH]nnc12. The van der Waals surface area contributed by atoms with Crippen LogP contribution in [0.1, 0.15) is 13.3 Å². The van der Waals surface area contributed by atoms with Gasteiger partial charge in [-0.25, -0.2) is 0 Å². The van der Waals surface area contributed by atoms with Crippen molar-refractivity contribution < 1.29 is 4.74 Å².